The Balaban J connectivity index is 1.85. The molecule has 0 unspecified atom stereocenters. The maximum absolute atomic E-state index is 13.3. The largest absolute Gasteiger partial charge is 0.508 e. The van der Waals surface area contributed by atoms with Gasteiger partial charge in [0.15, 0.2) is 36.2 Å². The maximum atomic E-state index is 13.3. The van der Waals surface area contributed by atoms with Gasteiger partial charge in [-0.25, -0.2) is 0 Å². The van der Waals surface area contributed by atoms with E-state index in [9.17, 15) is 24.3 Å². The van der Waals surface area contributed by atoms with E-state index < -0.39 is 36.8 Å². The highest BCUT2D eigenvalue weighted by atomic mass is 16.5. The number of hydrogen-bond donors (Lipinski definition) is 5. The normalized spacial score (nSPS) is 10.3. The molecule has 0 aliphatic carbocycles. The Morgan fingerprint density at radius 1 is 0.596 bits per heavy atom. The number of methoxy groups -OCH3 is 2. The van der Waals surface area contributed by atoms with Crippen molar-refractivity contribution in [2.24, 2.45) is 0 Å². The lowest BCUT2D eigenvalue weighted by Gasteiger charge is -2.23. The molecule has 4 amide bonds. The summed E-state index contributed by atoms with van der Waals surface area (Å²) in [5.41, 5.74) is 1.12. The van der Waals surface area contributed by atoms with Crippen molar-refractivity contribution in [3.8, 4) is 39.9 Å². The zero-order chi connectivity index (χ0) is 33.9. The maximum Gasteiger partial charge on any atom is 0.262 e. The summed E-state index contributed by atoms with van der Waals surface area (Å²) >= 11 is 0. The number of ether oxygens (including phenoxy) is 4. The van der Waals surface area contributed by atoms with Crippen LogP contribution < -0.4 is 40.2 Å². The Morgan fingerprint density at radius 2 is 1.02 bits per heavy atom. The van der Waals surface area contributed by atoms with Gasteiger partial charge in [0.05, 0.1) is 25.3 Å². The number of phenols is 1. The minimum atomic E-state index is -0.569. The summed E-state index contributed by atoms with van der Waals surface area (Å²) < 4.78 is 23.2. The zero-order valence-corrected chi connectivity index (χ0v) is 26.1. The number of benzene rings is 4. The van der Waals surface area contributed by atoms with Gasteiger partial charge in [-0.2, -0.15) is 0 Å². The van der Waals surface area contributed by atoms with E-state index in [4.69, 9.17) is 18.9 Å². The summed E-state index contributed by atoms with van der Waals surface area (Å²) in [4.78, 5) is 52.5. The molecule has 5 N–H and O–H groups in total. The average molecular weight is 643 g/mol. The second-order valence-electron chi connectivity index (χ2n) is 9.78. The molecule has 0 spiro atoms. The molecule has 0 aliphatic heterocycles. The molecule has 0 aliphatic rings. The van der Waals surface area contributed by atoms with Gasteiger partial charge in [-0.05, 0) is 60.7 Å². The van der Waals surface area contributed by atoms with Gasteiger partial charge in [0, 0.05) is 36.6 Å². The molecule has 0 saturated heterocycles. The van der Waals surface area contributed by atoms with Gasteiger partial charge in [-0.15, -0.1) is 0 Å². The molecule has 47 heavy (non-hydrogen) atoms. The number of anilines is 2. The topological polar surface area (TPSA) is 174 Å². The molecule has 13 nitrogen and oxygen atoms in total. The molecule has 13 heteroatoms. The highest BCUT2D eigenvalue weighted by Gasteiger charge is 2.30. The van der Waals surface area contributed by atoms with Crippen molar-refractivity contribution >= 4 is 35.0 Å². The van der Waals surface area contributed by atoms with E-state index >= 15 is 0 Å². The predicted octanol–water partition coefficient (Wildman–Crippen LogP) is 3.83. The second-order valence-corrected chi connectivity index (χ2v) is 9.78. The van der Waals surface area contributed by atoms with Crippen molar-refractivity contribution in [2.45, 2.75) is 0 Å². The average Bonchev–Trinajstić information content (AvgIpc) is 3.09. The molecule has 4 rings (SSSR count). The first kappa shape index (κ1) is 33.6. The molecule has 0 fully saturated rings. The summed E-state index contributed by atoms with van der Waals surface area (Å²) in [7, 11) is 5.61. The molecule has 244 valence electrons. The lowest BCUT2D eigenvalue weighted by molar-refractivity contribution is -0.118. The number of nitrogens with one attached hydrogen (secondary N) is 4. The van der Waals surface area contributed by atoms with E-state index in [0.29, 0.717) is 11.4 Å². The van der Waals surface area contributed by atoms with E-state index in [-0.39, 0.29) is 51.0 Å². The van der Waals surface area contributed by atoms with Crippen molar-refractivity contribution in [1.82, 2.24) is 10.6 Å². The number of carbonyl (C=O) groups is 4. The molecule has 0 radical (unpaired) electrons. The van der Waals surface area contributed by atoms with Crippen LogP contribution in [0, 0.1) is 0 Å². The fraction of sp³-hybridized carbons (Fsp3) is 0.176. The highest BCUT2D eigenvalue weighted by molar-refractivity contribution is 6.10. The van der Waals surface area contributed by atoms with E-state index in [0.717, 1.165) is 0 Å². The number of aromatic hydroxyl groups is 1. The first-order chi connectivity index (χ1) is 22.7. The van der Waals surface area contributed by atoms with Gasteiger partial charge < -0.3 is 45.3 Å². The van der Waals surface area contributed by atoms with Crippen LogP contribution in [0.5, 0.6) is 28.7 Å². The third kappa shape index (κ3) is 8.08. The number of para-hydroxylation sites is 1. The molecule has 0 aromatic heterocycles. The van der Waals surface area contributed by atoms with Crippen LogP contribution in [0.4, 0.5) is 11.4 Å². The van der Waals surface area contributed by atoms with Crippen LogP contribution >= 0.6 is 0 Å². The van der Waals surface area contributed by atoms with Gasteiger partial charge >= 0.3 is 0 Å². The van der Waals surface area contributed by atoms with Gasteiger partial charge in [0.2, 0.25) is 0 Å². The van der Waals surface area contributed by atoms with Crippen molar-refractivity contribution < 1.29 is 43.2 Å². The Bertz CT molecular complexity index is 1760. The molecule has 0 atom stereocenters. The zero-order valence-electron chi connectivity index (χ0n) is 26.1. The van der Waals surface area contributed by atoms with Gasteiger partial charge in [-0.3, -0.25) is 19.2 Å². The quantitative estimate of drug-likeness (QED) is 0.136. The Kier molecular flexibility index (Phi) is 11.2. The smallest absolute Gasteiger partial charge is 0.262 e. The summed E-state index contributed by atoms with van der Waals surface area (Å²) in [5.74, 6) is -2.00. The minimum absolute atomic E-state index is 0.0282. The van der Waals surface area contributed by atoms with Gasteiger partial charge in [0.1, 0.15) is 5.75 Å². The summed E-state index contributed by atoms with van der Waals surface area (Å²) in [5, 5.41) is 20.1. The lowest BCUT2D eigenvalue weighted by atomic mass is 9.91. The van der Waals surface area contributed by atoms with Crippen LogP contribution in [0.25, 0.3) is 11.1 Å². The van der Waals surface area contributed by atoms with E-state index in [1.54, 1.807) is 24.3 Å². The standard InChI is InChI=1S/C34H34N4O9/c1-35-33(42)23-14-16-25(44-3)31(46-18-27(40)37-20-8-6-5-7-9-20)29(23)30-24(34(43)36-2)15-17-26(45-4)32(30)47-19-28(41)38-21-10-12-22(39)13-11-21/h5-17,39H,18-19H2,1-4H3,(H,35,42)(H,36,43)(H,37,40)(H,38,41). The second kappa shape index (κ2) is 15.7. The van der Waals surface area contributed by atoms with Crippen LogP contribution in [0.1, 0.15) is 20.7 Å². The lowest BCUT2D eigenvalue weighted by Crippen LogP contribution is -2.24. The monoisotopic (exact) mass is 642 g/mol. The number of phenolic OH excluding ortho intramolecular Hbond substituents is 1. The number of carbonyl (C=O) groups excluding carboxylic acids is 4. The first-order valence-electron chi connectivity index (χ1n) is 14.3. The SMILES string of the molecule is CNC(=O)c1ccc(OC)c(OCC(=O)Nc2ccccc2)c1-c1c(C(=O)NC)ccc(OC)c1OCC(=O)Nc1ccc(O)cc1. The third-order valence-corrected chi connectivity index (χ3v) is 6.78. The Labute approximate surface area is 270 Å². The number of amides is 4. The Hall–Kier alpha value is -6.24. The molecule has 0 saturated carbocycles. The highest BCUT2D eigenvalue weighted by Crippen LogP contribution is 2.49. The van der Waals surface area contributed by atoms with Crippen molar-refractivity contribution in [3.05, 3.63) is 90.0 Å². The minimum Gasteiger partial charge on any atom is -0.508 e. The Morgan fingerprint density at radius 3 is 1.43 bits per heavy atom. The molecular weight excluding hydrogens is 608 g/mol. The van der Waals surface area contributed by atoms with E-state index in [2.05, 4.69) is 21.3 Å². The first-order valence-corrected chi connectivity index (χ1v) is 14.3. The molecule has 0 bridgehead atoms. The van der Waals surface area contributed by atoms with Crippen LogP contribution in [0.15, 0.2) is 78.9 Å². The molecule has 4 aromatic carbocycles. The summed E-state index contributed by atoms with van der Waals surface area (Å²) in [6.45, 7) is -1.05. The van der Waals surface area contributed by atoms with Crippen molar-refractivity contribution in [1.29, 1.82) is 0 Å². The van der Waals surface area contributed by atoms with Gasteiger partial charge in [0.25, 0.3) is 23.6 Å². The summed E-state index contributed by atoms with van der Waals surface area (Å²) in [6.07, 6.45) is 0. The van der Waals surface area contributed by atoms with Crippen LogP contribution in [-0.4, -0.2) is 70.3 Å². The molecule has 4 aromatic rings. The predicted molar refractivity (Wildman–Crippen MR) is 175 cm³/mol. The van der Waals surface area contributed by atoms with Crippen molar-refractivity contribution in [2.75, 3.05) is 52.2 Å². The van der Waals surface area contributed by atoms with Crippen LogP contribution in [0.2, 0.25) is 0 Å². The summed E-state index contributed by atoms with van der Waals surface area (Å²) in [6, 6.07) is 20.5. The number of rotatable bonds is 13. The van der Waals surface area contributed by atoms with E-state index in [1.165, 1.54) is 76.8 Å². The van der Waals surface area contributed by atoms with Crippen LogP contribution in [-0.2, 0) is 9.59 Å². The molecular formula is C34H34N4O9. The fourth-order valence-corrected chi connectivity index (χ4v) is 4.62. The third-order valence-electron chi connectivity index (χ3n) is 6.78. The van der Waals surface area contributed by atoms with Gasteiger partial charge in [-0.1, -0.05) is 18.2 Å². The van der Waals surface area contributed by atoms with Crippen LogP contribution in [0.3, 0.4) is 0 Å². The van der Waals surface area contributed by atoms with E-state index in [1.807, 2.05) is 6.07 Å². The number of hydrogen-bond acceptors (Lipinski definition) is 9. The fourth-order valence-electron chi connectivity index (χ4n) is 4.62. The van der Waals surface area contributed by atoms with Crippen molar-refractivity contribution in [3.63, 3.8) is 0 Å². The molecule has 0 heterocycles.